The van der Waals surface area contributed by atoms with E-state index in [0.717, 1.165) is 5.56 Å². The summed E-state index contributed by atoms with van der Waals surface area (Å²) in [5.41, 5.74) is 1.05. The Morgan fingerprint density at radius 3 is 2.53 bits per heavy atom. The molecule has 0 N–H and O–H groups in total. The number of alkyl halides is 3. The van der Waals surface area contributed by atoms with E-state index in [2.05, 4.69) is 6.58 Å². The molecule has 1 aromatic carbocycles. The van der Waals surface area contributed by atoms with Gasteiger partial charge in [-0.3, -0.25) is 4.21 Å². The van der Waals surface area contributed by atoms with Crippen LogP contribution in [0.15, 0.2) is 41.8 Å². The van der Waals surface area contributed by atoms with Crippen molar-refractivity contribution in [3.8, 4) is 0 Å². The van der Waals surface area contributed by atoms with Gasteiger partial charge in [-0.1, -0.05) is 47.0 Å². The summed E-state index contributed by atoms with van der Waals surface area (Å²) >= 11 is 10.8. The monoisotopic (exact) mass is 324 g/mol. The van der Waals surface area contributed by atoms with E-state index in [9.17, 15) is 8.60 Å². The van der Waals surface area contributed by atoms with Gasteiger partial charge in [0, 0.05) is 4.90 Å². The lowest BCUT2D eigenvalue weighted by Gasteiger charge is -2.22. The van der Waals surface area contributed by atoms with Crippen LogP contribution in [-0.2, 0) is 15.5 Å². The lowest BCUT2D eigenvalue weighted by atomic mass is 10.2. The number of ether oxygens (including phenoxy) is 1. The Morgan fingerprint density at radius 1 is 1.47 bits per heavy atom. The molecule has 2 nitrogen and oxygen atoms in total. The van der Waals surface area contributed by atoms with E-state index in [4.69, 9.17) is 27.9 Å². The average Bonchev–Trinajstić information content (AvgIpc) is 2.33. The molecular weight excluding hydrogens is 310 g/mol. The number of hydrogen-bond acceptors (Lipinski definition) is 2. The van der Waals surface area contributed by atoms with Crippen LogP contribution in [0.1, 0.15) is 5.56 Å². The minimum Gasteiger partial charge on any atom is -0.367 e. The van der Waals surface area contributed by atoms with E-state index in [0.29, 0.717) is 4.90 Å². The Morgan fingerprint density at radius 2 is 2.05 bits per heavy atom. The van der Waals surface area contributed by atoms with Crippen molar-refractivity contribution in [2.75, 3.05) is 12.4 Å². The molecule has 0 radical (unpaired) electrons. The number of rotatable bonds is 7. The van der Waals surface area contributed by atoms with Crippen molar-refractivity contribution >= 4 is 34.0 Å². The normalized spacial score (nSPS) is 14.9. The second-order valence-corrected chi connectivity index (χ2v) is 6.77. The summed E-state index contributed by atoms with van der Waals surface area (Å²) in [5.74, 6) is -0.125. The molecule has 0 heterocycles. The van der Waals surface area contributed by atoms with E-state index in [1.54, 1.807) is 12.1 Å². The summed E-state index contributed by atoms with van der Waals surface area (Å²) in [5, 5.41) is 0. The first-order chi connectivity index (χ1) is 8.84. The summed E-state index contributed by atoms with van der Waals surface area (Å²) in [6, 6.07) is 7.10. The molecular formula is C13H15Cl2FO2S. The van der Waals surface area contributed by atoms with Crippen molar-refractivity contribution in [3.05, 3.63) is 42.5 Å². The number of halogens is 3. The third kappa shape index (κ3) is 5.61. The number of hydrogen-bond donors (Lipinski definition) is 0. The summed E-state index contributed by atoms with van der Waals surface area (Å²) < 4.78 is 28.2. The van der Waals surface area contributed by atoms with E-state index >= 15 is 0 Å². The maximum absolute atomic E-state index is 13.6. The van der Waals surface area contributed by atoms with Gasteiger partial charge in [0.15, 0.2) is 0 Å². The van der Waals surface area contributed by atoms with Gasteiger partial charge in [0.1, 0.15) is 6.10 Å². The molecule has 0 aromatic heterocycles. The fourth-order valence-corrected chi connectivity index (χ4v) is 3.04. The molecule has 0 fully saturated rings. The van der Waals surface area contributed by atoms with Gasteiger partial charge in [-0.2, -0.15) is 0 Å². The highest BCUT2D eigenvalue weighted by molar-refractivity contribution is 7.85. The summed E-state index contributed by atoms with van der Waals surface area (Å²) in [7, 11) is -1.44. The molecule has 1 aromatic rings. The molecule has 0 bridgehead atoms. The quantitative estimate of drug-likeness (QED) is 0.563. The van der Waals surface area contributed by atoms with Gasteiger partial charge in [-0.05, 0) is 19.1 Å². The molecule has 0 saturated carbocycles. The SMILES string of the molecule is C=CCO[C@H](C[S@](=O)c1ccc(C)cc1)C(F)(Cl)Cl. The van der Waals surface area contributed by atoms with E-state index in [1.807, 2.05) is 19.1 Å². The van der Waals surface area contributed by atoms with E-state index in [-0.39, 0.29) is 12.4 Å². The highest BCUT2D eigenvalue weighted by Gasteiger charge is 2.37. The standard InChI is InChI=1S/C13H15Cl2FO2S/c1-3-8-18-12(13(14,15)16)9-19(17)11-6-4-10(2)5-7-11/h3-7,12H,1,8-9H2,2H3/t12-,19+/m1/s1. The minimum atomic E-state index is -2.59. The van der Waals surface area contributed by atoms with Crippen LogP contribution in [0.3, 0.4) is 0 Å². The zero-order valence-electron chi connectivity index (χ0n) is 10.4. The predicted molar refractivity (Wildman–Crippen MR) is 77.9 cm³/mol. The number of benzene rings is 1. The molecule has 0 amide bonds. The number of aryl methyl sites for hydroxylation is 1. The van der Waals surface area contributed by atoms with E-state index in [1.165, 1.54) is 6.08 Å². The van der Waals surface area contributed by atoms with Gasteiger partial charge >= 0.3 is 0 Å². The van der Waals surface area contributed by atoms with Crippen molar-refractivity contribution in [1.82, 2.24) is 0 Å². The molecule has 0 spiro atoms. The third-order valence-electron chi connectivity index (χ3n) is 2.37. The van der Waals surface area contributed by atoms with Gasteiger partial charge in [-0.25, -0.2) is 4.39 Å². The lowest BCUT2D eigenvalue weighted by molar-refractivity contribution is 0.0416. The molecule has 19 heavy (non-hydrogen) atoms. The molecule has 0 aliphatic carbocycles. The molecule has 0 aliphatic rings. The highest BCUT2D eigenvalue weighted by atomic mass is 35.5. The predicted octanol–water partition coefficient (Wildman–Crippen LogP) is 3.77. The molecule has 0 aliphatic heterocycles. The van der Waals surface area contributed by atoms with Crippen LogP contribution in [0.2, 0.25) is 0 Å². The first-order valence-electron chi connectivity index (χ1n) is 5.59. The fourth-order valence-electron chi connectivity index (χ4n) is 1.35. The van der Waals surface area contributed by atoms with E-state index < -0.39 is 21.5 Å². The second-order valence-electron chi connectivity index (χ2n) is 3.98. The van der Waals surface area contributed by atoms with Crippen LogP contribution in [0, 0.1) is 6.92 Å². The van der Waals surface area contributed by atoms with Crippen molar-refractivity contribution in [2.24, 2.45) is 0 Å². The molecule has 2 atom stereocenters. The smallest absolute Gasteiger partial charge is 0.284 e. The summed E-state index contributed by atoms with van der Waals surface area (Å²) in [6.45, 7) is 5.46. The zero-order chi connectivity index (χ0) is 14.5. The first kappa shape index (κ1) is 16.6. The van der Waals surface area contributed by atoms with Crippen LogP contribution < -0.4 is 0 Å². The molecule has 0 unspecified atom stereocenters. The van der Waals surface area contributed by atoms with Crippen LogP contribution in [0.5, 0.6) is 0 Å². The fraction of sp³-hybridized carbons (Fsp3) is 0.385. The van der Waals surface area contributed by atoms with Crippen molar-refractivity contribution in [3.63, 3.8) is 0 Å². The van der Waals surface area contributed by atoms with Gasteiger partial charge in [-0.15, -0.1) is 6.58 Å². The Kier molecular flexibility index (Phi) is 6.47. The summed E-state index contributed by atoms with van der Waals surface area (Å²) in [6.07, 6.45) is 0.261. The van der Waals surface area contributed by atoms with Crippen molar-refractivity contribution in [1.29, 1.82) is 0 Å². The Labute approximate surface area is 125 Å². The Bertz CT molecular complexity index is 443. The molecule has 6 heteroatoms. The van der Waals surface area contributed by atoms with Crippen molar-refractivity contribution in [2.45, 2.75) is 22.5 Å². The highest BCUT2D eigenvalue weighted by Crippen LogP contribution is 2.30. The third-order valence-corrected chi connectivity index (χ3v) is 4.26. The largest absolute Gasteiger partial charge is 0.367 e. The van der Waals surface area contributed by atoms with Gasteiger partial charge < -0.3 is 4.74 Å². The lowest BCUT2D eigenvalue weighted by Crippen LogP contribution is -2.35. The first-order valence-corrected chi connectivity index (χ1v) is 7.66. The molecule has 106 valence electrons. The Balaban J connectivity index is 2.75. The molecule has 0 saturated heterocycles. The minimum absolute atomic E-state index is 0.0842. The average molecular weight is 325 g/mol. The summed E-state index contributed by atoms with van der Waals surface area (Å²) in [4.78, 5) is 0.579. The van der Waals surface area contributed by atoms with Gasteiger partial charge in [0.2, 0.25) is 0 Å². The maximum atomic E-state index is 13.6. The van der Waals surface area contributed by atoms with Crippen LogP contribution >= 0.6 is 23.2 Å². The van der Waals surface area contributed by atoms with Crippen molar-refractivity contribution < 1.29 is 13.3 Å². The Hall–Kier alpha value is -0.420. The second kappa shape index (κ2) is 7.39. The van der Waals surface area contributed by atoms with Gasteiger partial charge in [0.25, 0.3) is 4.59 Å². The van der Waals surface area contributed by atoms with Crippen LogP contribution in [0.4, 0.5) is 4.39 Å². The zero-order valence-corrected chi connectivity index (χ0v) is 12.8. The topological polar surface area (TPSA) is 26.3 Å². The maximum Gasteiger partial charge on any atom is 0.284 e. The van der Waals surface area contributed by atoms with Gasteiger partial charge in [0.05, 0.1) is 23.2 Å². The van der Waals surface area contributed by atoms with Crippen LogP contribution in [-0.4, -0.2) is 27.3 Å². The van der Waals surface area contributed by atoms with Crippen LogP contribution in [0.25, 0.3) is 0 Å². The molecule has 1 rings (SSSR count).